The molecule has 0 unspecified atom stereocenters. The van der Waals surface area contributed by atoms with E-state index in [1.807, 2.05) is 61.8 Å². The Kier molecular flexibility index (Phi) is 4.48. The van der Waals surface area contributed by atoms with Gasteiger partial charge in [-0.25, -0.2) is 0 Å². The first-order chi connectivity index (χ1) is 14.6. The fourth-order valence-electron chi connectivity index (χ4n) is 3.36. The van der Waals surface area contributed by atoms with E-state index >= 15 is 0 Å². The van der Waals surface area contributed by atoms with Crippen molar-refractivity contribution in [2.45, 2.75) is 6.61 Å². The first-order valence-electron chi connectivity index (χ1n) is 9.50. The highest BCUT2D eigenvalue weighted by atomic mass is 16.7. The van der Waals surface area contributed by atoms with E-state index in [0.29, 0.717) is 29.4 Å². The largest absolute Gasteiger partial charge is 0.489 e. The van der Waals surface area contributed by atoms with Crippen LogP contribution in [0.4, 0.5) is 5.69 Å². The van der Waals surface area contributed by atoms with Crippen molar-refractivity contribution in [1.82, 2.24) is 9.78 Å². The molecule has 0 saturated carbocycles. The maximum Gasteiger partial charge on any atom is 0.255 e. The lowest BCUT2D eigenvalue weighted by Gasteiger charge is -2.10. The lowest BCUT2D eigenvalue weighted by Crippen LogP contribution is -2.12. The van der Waals surface area contributed by atoms with Gasteiger partial charge in [0, 0.05) is 35.9 Å². The van der Waals surface area contributed by atoms with Gasteiger partial charge in [-0.1, -0.05) is 18.2 Å². The predicted octanol–water partition coefficient (Wildman–Crippen LogP) is 4.13. The molecule has 4 aromatic rings. The summed E-state index contributed by atoms with van der Waals surface area (Å²) in [6, 6.07) is 18.5. The van der Waals surface area contributed by atoms with Crippen LogP contribution in [-0.4, -0.2) is 22.5 Å². The molecule has 0 atom stereocenters. The highest BCUT2D eigenvalue weighted by Crippen LogP contribution is 2.35. The summed E-state index contributed by atoms with van der Waals surface area (Å²) in [5.41, 5.74) is 2.98. The van der Waals surface area contributed by atoms with Crippen molar-refractivity contribution < 1.29 is 19.0 Å². The van der Waals surface area contributed by atoms with Crippen molar-refractivity contribution in [3.05, 3.63) is 78.0 Å². The van der Waals surface area contributed by atoms with Gasteiger partial charge in [-0.2, -0.15) is 5.10 Å². The average Bonchev–Trinajstić information content (AvgIpc) is 3.36. The number of aromatic nitrogens is 2. The van der Waals surface area contributed by atoms with E-state index in [0.717, 1.165) is 22.2 Å². The van der Waals surface area contributed by atoms with E-state index in [1.165, 1.54) is 0 Å². The lowest BCUT2D eigenvalue weighted by molar-refractivity contribution is 0.102. The second kappa shape index (κ2) is 7.44. The van der Waals surface area contributed by atoms with Crippen LogP contribution in [0.2, 0.25) is 0 Å². The molecule has 1 aromatic heterocycles. The summed E-state index contributed by atoms with van der Waals surface area (Å²) in [4.78, 5) is 12.7. The van der Waals surface area contributed by atoms with Gasteiger partial charge in [0.2, 0.25) is 6.79 Å². The van der Waals surface area contributed by atoms with E-state index in [-0.39, 0.29) is 12.7 Å². The number of carbonyl (C=O) groups excluding carboxylic acids is 1. The van der Waals surface area contributed by atoms with Gasteiger partial charge >= 0.3 is 0 Å². The van der Waals surface area contributed by atoms with Crippen molar-refractivity contribution in [3.63, 3.8) is 0 Å². The molecule has 7 heteroatoms. The molecule has 7 nitrogen and oxygen atoms in total. The van der Waals surface area contributed by atoms with E-state index in [1.54, 1.807) is 16.8 Å². The molecule has 5 rings (SSSR count). The van der Waals surface area contributed by atoms with Crippen LogP contribution < -0.4 is 19.5 Å². The summed E-state index contributed by atoms with van der Waals surface area (Å²) in [6.45, 7) is 0.594. The number of hydrogen-bond donors (Lipinski definition) is 1. The van der Waals surface area contributed by atoms with Crippen LogP contribution in [0.1, 0.15) is 15.9 Å². The van der Waals surface area contributed by atoms with Gasteiger partial charge in [0.05, 0.1) is 5.52 Å². The number of amides is 1. The molecule has 1 N–H and O–H groups in total. The first kappa shape index (κ1) is 18.1. The molecule has 0 fully saturated rings. The Labute approximate surface area is 172 Å². The predicted molar refractivity (Wildman–Crippen MR) is 112 cm³/mol. The molecule has 2 heterocycles. The number of benzene rings is 3. The number of hydrogen-bond acceptors (Lipinski definition) is 5. The topological polar surface area (TPSA) is 74.6 Å². The fraction of sp³-hybridized carbons (Fsp3) is 0.130. The third-order valence-electron chi connectivity index (χ3n) is 4.82. The summed E-state index contributed by atoms with van der Waals surface area (Å²) in [5.74, 6) is 1.91. The zero-order valence-corrected chi connectivity index (χ0v) is 16.3. The van der Waals surface area contributed by atoms with Crippen LogP contribution in [0.25, 0.3) is 10.9 Å². The molecule has 0 saturated heterocycles. The van der Waals surface area contributed by atoms with Gasteiger partial charge in [0.1, 0.15) is 12.4 Å². The number of nitrogens with one attached hydrogen (secondary N) is 1. The molecule has 3 aromatic carbocycles. The van der Waals surface area contributed by atoms with Crippen molar-refractivity contribution in [2.24, 2.45) is 7.05 Å². The van der Waals surface area contributed by atoms with E-state index < -0.39 is 0 Å². The Morgan fingerprint density at radius 3 is 2.93 bits per heavy atom. The standard InChI is InChI=1S/C23H19N3O4/c1-26-12-17-6-5-16(10-20(17)25-26)23(27)24-18-4-2-3-15(9-18)13-28-19-7-8-21-22(11-19)30-14-29-21/h2-12H,13-14H2,1H3,(H,24,27). The van der Waals surface area contributed by atoms with E-state index in [9.17, 15) is 4.79 Å². The molecule has 0 spiro atoms. The summed E-state index contributed by atoms with van der Waals surface area (Å²) in [7, 11) is 1.86. The molecule has 0 radical (unpaired) electrons. The molecule has 1 amide bonds. The highest BCUT2D eigenvalue weighted by molar-refractivity contribution is 6.06. The van der Waals surface area contributed by atoms with Gasteiger partial charge < -0.3 is 19.5 Å². The van der Waals surface area contributed by atoms with Crippen LogP contribution in [0.15, 0.2) is 66.9 Å². The number of carbonyl (C=O) groups is 1. The van der Waals surface area contributed by atoms with Crippen LogP contribution in [0, 0.1) is 0 Å². The molecular formula is C23H19N3O4. The lowest BCUT2D eigenvalue weighted by atomic mass is 10.1. The summed E-state index contributed by atoms with van der Waals surface area (Å²) in [6.07, 6.45) is 1.92. The molecular weight excluding hydrogens is 382 g/mol. The van der Waals surface area contributed by atoms with Crippen molar-refractivity contribution in [3.8, 4) is 17.2 Å². The zero-order chi connectivity index (χ0) is 20.5. The van der Waals surface area contributed by atoms with Gasteiger partial charge in [0.25, 0.3) is 5.91 Å². The summed E-state index contributed by atoms with van der Waals surface area (Å²) < 4.78 is 18.3. The molecule has 30 heavy (non-hydrogen) atoms. The van der Waals surface area contributed by atoms with Crippen LogP contribution in [0.5, 0.6) is 17.2 Å². The normalized spacial score (nSPS) is 12.2. The van der Waals surface area contributed by atoms with Crippen LogP contribution >= 0.6 is 0 Å². The van der Waals surface area contributed by atoms with E-state index in [2.05, 4.69) is 10.4 Å². The van der Waals surface area contributed by atoms with Gasteiger partial charge in [0.15, 0.2) is 11.5 Å². The van der Waals surface area contributed by atoms with Gasteiger partial charge in [-0.15, -0.1) is 0 Å². The Hall–Kier alpha value is -4.00. The molecule has 0 aliphatic carbocycles. The monoisotopic (exact) mass is 401 g/mol. The minimum absolute atomic E-state index is 0.184. The molecule has 0 bridgehead atoms. The van der Waals surface area contributed by atoms with Gasteiger partial charge in [-0.3, -0.25) is 9.48 Å². The average molecular weight is 401 g/mol. The highest BCUT2D eigenvalue weighted by Gasteiger charge is 2.14. The van der Waals surface area contributed by atoms with Crippen molar-refractivity contribution >= 4 is 22.5 Å². The molecule has 1 aliphatic rings. The fourth-order valence-corrected chi connectivity index (χ4v) is 3.36. The number of nitrogens with zero attached hydrogens (tertiary/aromatic N) is 2. The van der Waals surface area contributed by atoms with E-state index in [4.69, 9.17) is 14.2 Å². The second-order valence-electron chi connectivity index (χ2n) is 7.03. The zero-order valence-electron chi connectivity index (χ0n) is 16.3. The smallest absolute Gasteiger partial charge is 0.255 e. The summed E-state index contributed by atoms with van der Waals surface area (Å²) in [5, 5.41) is 8.29. The van der Waals surface area contributed by atoms with Crippen LogP contribution in [0.3, 0.4) is 0 Å². The van der Waals surface area contributed by atoms with Crippen molar-refractivity contribution in [1.29, 1.82) is 0 Å². The SMILES string of the molecule is Cn1cc2ccc(C(=O)Nc3cccc(COc4ccc5c(c4)OCO5)c3)cc2n1. The summed E-state index contributed by atoms with van der Waals surface area (Å²) >= 11 is 0. The maximum atomic E-state index is 12.7. The maximum absolute atomic E-state index is 12.7. The minimum atomic E-state index is -0.184. The number of ether oxygens (including phenoxy) is 3. The van der Waals surface area contributed by atoms with Crippen molar-refractivity contribution in [2.75, 3.05) is 12.1 Å². The number of fused-ring (bicyclic) bond motifs is 2. The Balaban J connectivity index is 1.26. The van der Waals surface area contributed by atoms with Gasteiger partial charge in [-0.05, 0) is 42.0 Å². The third-order valence-corrected chi connectivity index (χ3v) is 4.82. The number of rotatable bonds is 5. The number of aryl methyl sites for hydroxylation is 1. The first-order valence-corrected chi connectivity index (χ1v) is 9.50. The Morgan fingerprint density at radius 1 is 1.10 bits per heavy atom. The Bertz CT molecular complexity index is 1250. The quantitative estimate of drug-likeness (QED) is 0.544. The number of anilines is 1. The molecule has 1 aliphatic heterocycles. The third kappa shape index (κ3) is 3.65. The van der Waals surface area contributed by atoms with Crippen LogP contribution in [-0.2, 0) is 13.7 Å². The second-order valence-corrected chi connectivity index (χ2v) is 7.03. The Morgan fingerprint density at radius 2 is 2.00 bits per heavy atom. The molecule has 150 valence electrons. The minimum Gasteiger partial charge on any atom is -0.489 e.